The van der Waals surface area contributed by atoms with Crippen molar-refractivity contribution in [2.24, 2.45) is 0 Å². The minimum atomic E-state index is 0.702. The summed E-state index contributed by atoms with van der Waals surface area (Å²) in [6, 6.07) is 14.7. The van der Waals surface area contributed by atoms with Crippen LogP contribution in [-0.2, 0) is 19.6 Å². The summed E-state index contributed by atoms with van der Waals surface area (Å²) >= 11 is 0. The molecule has 3 heteroatoms. The number of nitrogens with zero attached hydrogens (tertiary/aromatic N) is 1. The van der Waals surface area contributed by atoms with E-state index in [4.69, 9.17) is 5.26 Å². The van der Waals surface area contributed by atoms with Gasteiger partial charge in [-0.1, -0.05) is 24.3 Å². The Bertz CT molecular complexity index is 683. The van der Waals surface area contributed by atoms with E-state index in [2.05, 4.69) is 34.9 Å². The third-order valence-electron chi connectivity index (χ3n) is 3.68. The standard InChI is InChI=1S/C17H17N3/c1-12-2-5-17(15(6-12)8-18)20-9-13-3-4-14-10-19-11-16(14)7-13/h2-7,19-20H,9-11H2,1H3. The zero-order chi connectivity index (χ0) is 13.9. The molecule has 2 aromatic carbocycles. The van der Waals surface area contributed by atoms with Crippen LogP contribution in [0.25, 0.3) is 0 Å². The van der Waals surface area contributed by atoms with Gasteiger partial charge in [-0.15, -0.1) is 0 Å². The van der Waals surface area contributed by atoms with Crippen molar-refractivity contribution in [2.45, 2.75) is 26.6 Å². The Kier molecular flexibility index (Phi) is 3.41. The maximum absolute atomic E-state index is 9.17. The first kappa shape index (κ1) is 12.7. The van der Waals surface area contributed by atoms with Crippen LogP contribution in [0.1, 0.15) is 27.8 Å². The zero-order valence-electron chi connectivity index (χ0n) is 11.5. The lowest BCUT2D eigenvalue weighted by Gasteiger charge is -2.10. The molecule has 0 bridgehead atoms. The third-order valence-corrected chi connectivity index (χ3v) is 3.68. The van der Waals surface area contributed by atoms with Crippen LogP contribution in [0.2, 0.25) is 0 Å². The number of benzene rings is 2. The van der Waals surface area contributed by atoms with Crippen LogP contribution < -0.4 is 10.6 Å². The Morgan fingerprint density at radius 3 is 2.85 bits per heavy atom. The molecule has 0 saturated heterocycles. The quantitative estimate of drug-likeness (QED) is 0.894. The van der Waals surface area contributed by atoms with Crippen molar-refractivity contribution in [3.05, 3.63) is 64.2 Å². The van der Waals surface area contributed by atoms with E-state index >= 15 is 0 Å². The molecular formula is C17H17N3. The lowest BCUT2D eigenvalue weighted by molar-refractivity contribution is 0.764. The van der Waals surface area contributed by atoms with Crippen molar-refractivity contribution in [3.63, 3.8) is 0 Å². The van der Waals surface area contributed by atoms with Gasteiger partial charge in [0.1, 0.15) is 6.07 Å². The Morgan fingerprint density at radius 2 is 2.00 bits per heavy atom. The predicted molar refractivity (Wildman–Crippen MR) is 80.2 cm³/mol. The molecule has 2 N–H and O–H groups in total. The highest BCUT2D eigenvalue weighted by Crippen LogP contribution is 2.20. The number of hydrogen-bond acceptors (Lipinski definition) is 3. The lowest BCUT2D eigenvalue weighted by Crippen LogP contribution is -2.02. The SMILES string of the molecule is Cc1ccc(NCc2ccc3c(c2)CNC3)c(C#N)c1. The Hall–Kier alpha value is -2.31. The number of aryl methyl sites for hydroxylation is 1. The lowest BCUT2D eigenvalue weighted by atomic mass is 10.1. The molecule has 0 saturated carbocycles. The maximum Gasteiger partial charge on any atom is 0.101 e. The van der Waals surface area contributed by atoms with E-state index in [9.17, 15) is 0 Å². The number of hydrogen-bond donors (Lipinski definition) is 2. The van der Waals surface area contributed by atoms with E-state index in [1.54, 1.807) is 0 Å². The molecule has 0 aliphatic carbocycles. The van der Waals surface area contributed by atoms with Crippen molar-refractivity contribution in [3.8, 4) is 6.07 Å². The van der Waals surface area contributed by atoms with Gasteiger partial charge in [-0.05, 0) is 41.3 Å². The average molecular weight is 263 g/mol. The van der Waals surface area contributed by atoms with Gasteiger partial charge in [0.2, 0.25) is 0 Å². The molecule has 1 aliphatic heterocycles. The van der Waals surface area contributed by atoms with Crippen LogP contribution in [0, 0.1) is 18.3 Å². The van der Waals surface area contributed by atoms with Crippen LogP contribution >= 0.6 is 0 Å². The summed E-state index contributed by atoms with van der Waals surface area (Å²) in [5, 5.41) is 15.9. The van der Waals surface area contributed by atoms with E-state index < -0.39 is 0 Å². The van der Waals surface area contributed by atoms with Gasteiger partial charge in [0.05, 0.1) is 11.3 Å². The number of anilines is 1. The maximum atomic E-state index is 9.17. The average Bonchev–Trinajstić information content (AvgIpc) is 2.93. The molecule has 0 fully saturated rings. The molecule has 0 unspecified atom stereocenters. The molecule has 0 amide bonds. The van der Waals surface area contributed by atoms with Crippen molar-refractivity contribution in [1.29, 1.82) is 5.26 Å². The second-order valence-corrected chi connectivity index (χ2v) is 5.22. The second-order valence-electron chi connectivity index (χ2n) is 5.22. The summed E-state index contributed by atoms with van der Waals surface area (Å²) in [4.78, 5) is 0. The van der Waals surface area contributed by atoms with Gasteiger partial charge < -0.3 is 10.6 Å². The van der Waals surface area contributed by atoms with Crippen LogP contribution in [0.3, 0.4) is 0 Å². The van der Waals surface area contributed by atoms with Gasteiger partial charge >= 0.3 is 0 Å². The fourth-order valence-electron chi connectivity index (χ4n) is 2.56. The summed E-state index contributed by atoms with van der Waals surface area (Å²) in [5.74, 6) is 0. The minimum absolute atomic E-state index is 0.702. The summed E-state index contributed by atoms with van der Waals surface area (Å²) in [6.45, 7) is 4.67. The summed E-state index contributed by atoms with van der Waals surface area (Å²) in [7, 11) is 0. The van der Waals surface area contributed by atoms with Crippen LogP contribution in [0.5, 0.6) is 0 Å². The minimum Gasteiger partial charge on any atom is -0.380 e. The highest BCUT2D eigenvalue weighted by atomic mass is 14.9. The predicted octanol–water partition coefficient (Wildman–Crippen LogP) is 3.08. The number of rotatable bonds is 3. The van der Waals surface area contributed by atoms with E-state index in [1.807, 2.05) is 25.1 Å². The monoisotopic (exact) mass is 263 g/mol. The van der Waals surface area contributed by atoms with Crippen molar-refractivity contribution in [1.82, 2.24) is 5.32 Å². The van der Waals surface area contributed by atoms with Gasteiger partial charge in [-0.25, -0.2) is 0 Å². The summed E-state index contributed by atoms with van der Waals surface area (Å²) in [5.41, 5.74) is 6.73. The largest absolute Gasteiger partial charge is 0.380 e. The van der Waals surface area contributed by atoms with Gasteiger partial charge in [-0.2, -0.15) is 5.26 Å². The Labute approximate surface area is 119 Å². The van der Waals surface area contributed by atoms with Crippen LogP contribution in [0.4, 0.5) is 5.69 Å². The number of fused-ring (bicyclic) bond motifs is 1. The van der Waals surface area contributed by atoms with E-state index in [1.165, 1.54) is 16.7 Å². The zero-order valence-corrected chi connectivity index (χ0v) is 11.5. The van der Waals surface area contributed by atoms with Crippen molar-refractivity contribution < 1.29 is 0 Å². The molecule has 1 heterocycles. The fraction of sp³-hybridized carbons (Fsp3) is 0.235. The number of nitrogens with one attached hydrogen (secondary N) is 2. The molecule has 0 atom stereocenters. The van der Waals surface area contributed by atoms with Crippen molar-refractivity contribution in [2.75, 3.05) is 5.32 Å². The van der Waals surface area contributed by atoms with Gasteiger partial charge in [0.25, 0.3) is 0 Å². The first-order valence-electron chi connectivity index (χ1n) is 6.82. The molecule has 3 nitrogen and oxygen atoms in total. The summed E-state index contributed by atoms with van der Waals surface area (Å²) in [6.07, 6.45) is 0. The van der Waals surface area contributed by atoms with E-state index in [-0.39, 0.29) is 0 Å². The fourth-order valence-corrected chi connectivity index (χ4v) is 2.56. The Morgan fingerprint density at radius 1 is 1.15 bits per heavy atom. The second kappa shape index (κ2) is 5.36. The van der Waals surface area contributed by atoms with Gasteiger partial charge in [-0.3, -0.25) is 0 Å². The molecule has 0 radical (unpaired) electrons. The third kappa shape index (κ3) is 2.52. The molecular weight excluding hydrogens is 246 g/mol. The van der Waals surface area contributed by atoms with Gasteiger partial charge in [0.15, 0.2) is 0 Å². The topological polar surface area (TPSA) is 47.8 Å². The van der Waals surface area contributed by atoms with Crippen molar-refractivity contribution >= 4 is 5.69 Å². The highest BCUT2D eigenvalue weighted by Gasteiger charge is 2.10. The molecule has 100 valence electrons. The number of nitriles is 1. The molecule has 1 aliphatic rings. The molecule has 2 aromatic rings. The molecule has 0 aromatic heterocycles. The van der Waals surface area contributed by atoms with Gasteiger partial charge in [0, 0.05) is 19.6 Å². The molecule has 3 rings (SSSR count). The smallest absolute Gasteiger partial charge is 0.101 e. The normalized spacial score (nSPS) is 12.8. The first-order chi connectivity index (χ1) is 9.76. The van der Waals surface area contributed by atoms with Crippen LogP contribution in [-0.4, -0.2) is 0 Å². The molecule has 20 heavy (non-hydrogen) atoms. The first-order valence-corrected chi connectivity index (χ1v) is 6.82. The van der Waals surface area contributed by atoms with Crippen LogP contribution in [0.15, 0.2) is 36.4 Å². The highest BCUT2D eigenvalue weighted by molar-refractivity contribution is 5.58. The Balaban J connectivity index is 1.75. The molecule has 0 spiro atoms. The summed E-state index contributed by atoms with van der Waals surface area (Å²) < 4.78 is 0. The van der Waals surface area contributed by atoms with E-state index in [0.29, 0.717) is 5.56 Å². The van der Waals surface area contributed by atoms with E-state index in [0.717, 1.165) is 30.9 Å².